The predicted octanol–water partition coefficient (Wildman–Crippen LogP) is 1.36. The van der Waals surface area contributed by atoms with Crippen LogP contribution in [0.2, 0.25) is 0 Å². The first-order valence-corrected chi connectivity index (χ1v) is 8.59. The molecule has 0 bridgehead atoms. The fourth-order valence-corrected chi connectivity index (χ4v) is 3.77. The summed E-state index contributed by atoms with van der Waals surface area (Å²) in [5, 5.41) is 0. The van der Waals surface area contributed by atoms with Gasteiger partial charge in [-0.1, -0.05) is 25.1 Å². The number of nitrogens with one attached hydrogen (secondary N) is 1. The van der Waals surface area contributed by atoms with Crippen molar-refractivity contribution in [3.05, 3.63) is 35.6 Å². The van der Waals surface area contributed by atoms with Gasteiger partial charge in [0, 0.05) is 31.7 Å². The van der Waals surface area contributed by atoms with Gasteiger partial charge in [0.05, 0.1) is 6.04 Å². The first-order chi connectivity index (χ1) is 9.95. The average Bonchev–Trinajstić information content (AvgIpc) is 2.46. The number of likely N-dealkylation sites (N-methyl/N-ethyl adjacent to an activating group) is 1. The molecule has 1 heterocycles. The molecule has 118 valence electrons. The monoisotopic (exact) mass is 315 g/mol. The van der Waals surface area contributed by atoms with Crippen molar-refractivity contribution in [3.63, 3.8) is 0 Å². The smallest absolute Gasteiger partial charge is 0.279 e. The summed E-state index contributed by atoms with van der Waals surface area (Å²) >= 11 is 0. The van der Waals surface area contributed by atoms with Crippen LogP contribution in [0.25, 0.3) is 0 Å². The van der Waals surface area contributed by atoms with Crippen molar-refractivity contribution in [2.24, 2.45) is 0 Å². The van der Waals surface area contributed by atoms with Crippen molar-refractivity contribution in [1.82, 2.24) is 13.9 Å². The lowest BCUT2D eigenvalue weighted by Gasteiger charge is -2.38. The van der Waals surface area contributed by atoms with Crippen molar-refractivity contribution < 1.29 is 12.8 Å². The molecule has 0 aromatic heterocycles. The van der Waals surface area contributed by atoms with Crippen molar-refractivity contribution in [2.45, 2.75) is 19.4 Å². The molecular weight excluding hydrogens is 293 g/mol. The van der Waals surface area contributed by atoms with Gasteiger partial charge in [-0.15, -0.1) is 0 Å². The Morgan fingerprint density at radius 2 is 2.05 bits per heavy atom. The zero-order valence-corrected chi connectivity index (χ0v) is 13.2. The summed E-state index contributed by atoms with van der Waals surface area (Å²) in [6, 6.07) is 6.27. The fourth-order valence-electron chi connectivity index (χ4n) is 2.47. The molecule has 0 aliphatic carbocycles. The van der Waals surface area contributed by atoms with Crippen molar-refractivity contribution >= 4 is 10.2 Å². The third kappa shape index (κ3) is 3.79. The normalized spacial score (nSPS) is 21.6. The second-order valence-corrected chi connectivity index (χ2v) is 7.03. The molecule has 0 amide bonds. The summed E-state index contributed by atoms with van der Waals surface area (Å²) < 4.78 is 42.4. The van der Waals surface area contributed by atoms with Crippen LogP contribution in [0.4, 0.5) is 4.39 Å². The molecule has 1 aromatic rings. The third-order valence-corrected chi connectivity index (χ3v) is 5.33. The molecule has 1 aliphatic rings. The van der Waals surface area contributed by atoms with Crippen molar-refractivity contribution in [1.29, 1.82) is 0 Å². The SMILES string of the molecule is CCCNS(=O)(=O)N1CCN(C)C(c2ccccc2F)C1. The van der Waals surface area contributed by atoms with Gasteiger partial charge in [-0.25, -0.2) is 9.11 Å². The molecule has 5 nitrogen and oxygen atoms in total. The summed E-state index contributed by atoms with van der Waals surface area (Å²) in [6.45, 7) is 3.58. The highest BCUT2D eigenvalue weighted by molar-refractivity contribution is 7.87. The van der Waals surface area contributed by atoms with Crippen molar-refractivity contribution in [2.75, 3.05) is 33.2 Å². The summed E-state index contributed by atoms with van der Waals surface area (Å²) in [4.78, 5) is 1.99. The van der Waals surface area contributed by atoms with Gasteiger partial charge < -0.3 is 0 Å². The maximum Gasteiger partial charge on any atom is 0.279 e. The second-order valence-electron chi connectivity index (χ2n) is 5.28. The summed E-state index contributed by atoms with van der Waals surface area (Å²) in [7, 11) is -1.60. The maximum atomic E-state index is 14.0. The third-order valence-electron chi connectivity index (χ3n) is 3.75. The maximum absolute atomic E-state index is 14.0. The molecule has 1 aromatic carbocycles. The van der Waals surface area contributed by atoms with Gasteiger partial charge in [-0.3, -0.25) is 4.90 Å². The highest BCUT2D eigenvalue weighted by atomic mass is 32.2. The van der Waals surface area contributed by atoms with Gasteiger partial charge in [-0.2, -0.15) is 12.7 Å². The van der Waals surface area contributed by atoms with Crippen LogP contribution in [0, 0.1) is 5.82 Å². The van der Waals surface area contributed by atoms with Crippen LogP contribution in [0.5, 0.6) is 0 Å². The largest absolute Gasteiger partial charge is 0.297 e. The van der Waals surface area contributed by atoms with E-state index in [1.807, 2.05) is 18.9 Å². The summed E-state index contributed by atoms with van der Waals surface area (Å²) in [5.41, 5.74) is 0.537. The van der Waals surface area contributed by atoms with Crippen LogP contribution < -0.4 is 4.72 Å². The predicted molar refractivity (Wildman–Crippen MR) is 80.6 cm³/mol. The number of rotatable bonds is 5. The summed E-state index contributed by atoms with van der Waals surface area (Å²) in [6.07, 6.45) is 0.740. The lowest BCUT2D eigenvalue weighted by atomic mass is 10.0. The van der Waals surface area contributed by atoms with Crippen LogP contribution in [0.1, 0.15) is 24.9 Å². The van der Waals surface area contributed by atoms with E-state index in [-0.39, 0.29) is 18.4 Å². The minimum absolute atomic E-state index is 0.260. The number of piperazine rings is 1. The molecule has 1 atom stereocenters. The molecule has 7 heteroatoms. The zero-order valence-electron chi connectivity index (χ0n) is 12.4. The Morgan fingerprint density at radius 1 is 1.33 bits per heavy atom. The molecule has 0 spiro atoms. The van der Waals surface area contributed by atoms with Crippen LogP contribution in [-0.4, -0.2) is 50.8 Å². The second kappa shape index (κ2) is 6.83. The van der Waals surface area contributed by atoms with Gasteiger partial charge in [0.25, 0.3) is 10.2 Å². The molecule has 1 fully saturated rings. The van der Waals surface area contributed by atoms with Gasteiger partial charge >= 0.3 is 0 Å². The Labute approximate surface area is 125 Å². The number of halogens is 1. The Morgan fingerprint density at radius 3 is 2.71 bits per heavy atom. The minimum atomic E-state index is -3.49. The highest BCUT2D eigenvalue weighted by Crippen LogP contribution is 2.26. The van der Waals surface area contributed by atoms with Crippen LogP contribution in [0.15, 0.2) is 24.3 Å². The fraction of sp³-hybridized carbons (Fsp3) is 0.571. The Kier molecular flexibility index (Phi) is 5.32. The van der Waals surface area contributed by atoms with Crippen LogP contribution in [0.3, 0.4) is 0 Å². The van der Waals surface area contributed by atoms with E-state index in [4.69, 9.17) is 0 Å². The molecule has 1 unspecified atom stereocenters. The summed E-state index contributed by atoms with van der Waals surface area (Å²) in [5.74, 6) is -0.296. The van der Waals surface area contributed by atoms with Crippen LogP contribution in [-0.2, 0) is 10.2 Å². The zero-order chi connectivity index (χ0) is 15.5. The molecule has 0 radical (unpaired) electrons. The van der Waals surface area contributed by atoms with E-state index in [1.165, 1.54) is 10.4 Å². The first kappa shape index (κ1) is 16.4. The van der Waals surface area contributed by atoms with Gasteiger partial charge in [0.2, 0.25) is 0 Å². The lowest BCUT2D eigenvalue weighted by molar-refractivity contribution is 0.144. The molecule has 1 N–H and O–H groups in total. The Balaban J connectivity index is 2.19. The molecule has 21 heavy (non-hydrogen) atoms. The van der Waals surface area contributed by atoms with E-state index in [1.54, 1.807) is 18.2 Å². The molecule has 1 aliphatic heterocycles. The molecule has 2 rings (SSSR count). The van der Waals surface area contributed by atoms with Gasteiger partial charge in [0.1, 0.15) is 5.82 Å². The quantitative estimate of drug-likeness (QED) is 0.892. The Hall–Kier alpha value is -1.02. The highest BCUT2D eigenvalue weighted by Gasteiger charge is 2.33. The Bertz CT molecular complexity index is 579. The molecular formula is C14H22FN3O2S. The van der Waals surface area contributed by atoms with E-state index < -0.39 is 10.2 Å². The van der Waals surface area contributed by atoms with E-state index in [2.05, 4.69) is 4.72 Å². The topological polar surface area (TPSA) is 52.7 Å². The average molecular weight is 315 g/mol. The lowest BCUT2D eigenvalue weighted by Crippen LogP contribution is -2.52. The van der Waals surface area contributed by atoms with Crippen LogP contribution >= 0.6 is 0 Å². The minimum Gasteiger partial charge on any atom is -0.297 e. The first-order valence-electron chi connectivity index (χ1n) is 7.15. The van der Waals surface area contributed by atoms with E-state index in [9.17, 15) is 12.8 Å². The van der Waals surface area contributed by atoms with E-state index >= 15 is 0 Å². The molecule has 0 saturated carbocycles. The number of benzene rings is 1. The van der Waals surface area contributed by atoms with E-state index in [0.29, 0.717) is 25.2 Å². The van der Waals surface area contributed by atoms with Gasteiger partial charge in [0.15, 0.2) is 0 Å². The molecule has 1 saturated heterocycles. The standard InChI is InChI=1S/C14H22FN3O2S/c1-3-8-16-21(19,20)18-10-9-17(2)14(11-18)12-6-4-5-7-13(12)15/h4-7,14,16H,3,8-11H2,1-2H3. The number of hydrogen-bond acceptors (Lipinski definition) is 3. The number of nitrogens with zero attached hydrogens (tertiary/aromatic N) is 2. The van der Waals surface area contributed by atoms with E-state index in [0.717, 1.165) is 6.42 Å². The van der Waals surface area contributed by atoms with Gasteiger partial charge in [-0.05, 0) is 19.5 Å². The number of hydrogen-bond donors (Lipinski definition) is 1. The van der Waals surface area contributed by atoms with Crippen molar-refractivity contribution in [3.8, 4) is 0 Å².